The summed E-state index contributed by atoms with van der Waals surface area (Å²) >= 11 is 4.82. The number of nitrogens with zero attached hydrogens (tertiary/aromatic N) is 2. The molecule has 19 heavy (non-hydrogen) atoms. The lowest BCUT2D eigenvalue weighted by Crippen LogP contribution is -2.14. The number of nitrogens with one attached hydrogen (secondary N) is 1. The minimum atomic E-state index is -0.0582. The molecule has 0 atom stereocenters. The zero-order chi connectivity index (χ0) is 13.7. The van der Waals surface area contributed by atoms with Crippen molar-refractivity contribution in [3.8, 4) is 0 Å². The maximum Gasteiger partial charge on any atom is 0.234 e. The van der Waals surface area contributed by atoms with E-state index in [1.807, 2.05) is 24.3 Å². The number of aromatic nitrogens is 2. The molecule has 2 aromatic rings. The number of rotatable bonds is 5. The monoisotopic (exact) mass is 341 g/mol. The van der Waals surface area contributed by atoms with Gasteiger partial charge in [-0.2, -0.15) is 4.98 Å². The Hall–Kier alpha value is -1.34. The van der Waals surface area contributed by atoms with Crippen molar-refractivity contribution in [2.24, 2.45) is 0 Å². The molecule has 0 unspecified atom stereocenters. The molecule has 0 saturated carbocycles. The molecule has 0 fully saturated rings. The Labute approximate surface area is 123 Å². The SMILES string of the molecule is Cc1nc(CSCC(=O)Nc2ccccc2Br)no1. The lowest BCUT2D eigenvalue weighted by molar-refractivity contribution is -0.113. The summed E-state index contributed by atoms with van der Waals surface area (Å²) < 4.78 is 5.72. The van der Waals surface area contributed by atoms with Crippen LogP contribution in [0.1, 0.15) is 11.7 Å². The Morgan fingerprint density at radius 2 is 2.26 bits per heavy atom. The molecule has 0 aliphatic rings. The molecule has 0 radical (unpaired) electrons. The predicted octanol–water partition coefficient (Wildman–Crippen LogP) is 3.01. The van der Waals surface area contributed by atoms with Crippen molar-refractivity contribution in [1.82, 2.24) is 10.1 Å². The van der Waals surface area contributed by atoms with Crippen molar-refractivity contribution >= 4 is 39.3 Å². The molecule has 1 aromatic carbocycles. The summed E-state index contributed by atoms with van der Waals surface area (Å²) in [4.78, 5) is 15.8. The first-order chi connectivity index (χ1) is 9.15. The minimum Gasteiger partial charge on any atom is -0.340 e. The lowest BCUT2D eigenvalue weighted by Gasteiger charge is -2.06. The minimum absolute atomic E-state index is 0.0582. The molecule has 100 valence electrons. The van der Waals surface area contributed by atoms with Gasteiger partial charge in [0.1, 0.15) is 0 Å². The topological polar surface area (TPSA) is 68.0 Å². The van der Waals surface area contributed by atoms with E-state index in [0.29, 0.717) is 23.2 Å². The summed E-state index contributed by atoms with van der Waals surface area (Å²) in [6, 6.07) is 7.49. The lowest BCUT2D eigenvalue weighted by atomic mass is 10.3. The maximum atomic E-state index is 11.7. The summed E-state index contributed by atoms with van der Waals surface area (Å²) in [6.07, 6.45) is 0. The van der Waals surface area contributed by atoms with Gasteiger partial charge in [0.2, 0.25) is 11.8 Å². The number of carbonyl (C=O) groups excluding carboxylic acids is 1. The van der Waals surface area contributed by atoms with Crippen LogP contribution in [0.5, 0.6) is 0 Å². The first-order valence-electron chi connectivity index (χ1n) is 5.56. The summed E-state index contributed by atoms with van der Waals surface area (Å²) in [6.45, 7) is 1.74. The van der Waals surface area contributed by atoms with Crippen molar-refractivity contribution in [2.45, 2.75) is 12.7 Å². The third-order valence-corrected chi connectivity index (χ3v) is 3.80. The zero-order valence-electron chi connectivity index (χ0n) is 10.2. The van der Waals surface area contributed by atoms with Crippen LogP contribution in [-0.4, -0.2) is 21.8 Å². The number of thioether (sulfide) groups is 1. The molecular weight excluding hydrogens is 330 g/mol. The second-order valence-electron chi connectivity index (χ2n) is 3.75. The van der Waals surface area contributed by atoms with Crippen LogP contribution in [0, 0.1) is 6.92 Å². The second-order valence-corrected chi connectivity index (χ2v) is 5.59. The van der Waals surface area contributed by atoms with Crippen molar-refractivity contribution in [3.05, 3.63) is 40.5 Å². The van der Waals surface area contributed by atoms with Crippen molar-refractivity contribution in [3.63, 3.8) is 0 Å². The number of hydrogen-bond acceptors (Lipinski definition) is 5. The number of amides is 1. The third-order valence-electron chi connectivity index (χ3n) is 2.18. The Kier molecular flexibility index (Phi) is 4.98. The van der Waals surface area contributed by atoms with E-state index in [1.165, 1.54) is 11.8 Å². The van der Waals surface area contributed by atoms with Crippen LogP contribution in [0.4, 0.5) is 5.69 Å². The summed E-state index contributed by atoms with van der Waals surface area (Å²) in [7, 11) is 0. The van der Waals surface area contributed by atoms with Crippen LogP contribution < -0.4 is 5.32 Å². The summed E-state index contributed by atoms with van der Waals surface area (Å²) in [5, 5.41) is 6.60. The quantitative estimate of drug-likeness (QED) is 0.905. The highest BCUT2D eigenvalue weighted by Crippen LogP contribution is 2.21. The van der Waals surface area contributed by atoms with E-state index >= 15 is 0 Å². The second kappa shape index (κ2) is 6.72. The van der Waals surface area contributed by atoms with Gasteiger partial charge in [0.15, 0.2) is 5.82 Å². The van der Waals surface area contributed by atoms with Gasteiger partial charge in [0, 0.05) is 11.4 Å². The van der Waals surface area contributed by atoms with E-state index in [0.717, 1.165) is 10.2 Å². The highest BCUT2D eigenvalue weighted by Gasteiger charge is 2.07. The average Bonchev–Trinajstić information content (AvgIpc) is 2.78. The van der Waals surface area contributed by atoms with E-state index in [1.54, 1.807) is 6.92 Å². The molecule has 0 bridgehead atoms. The van der Waals surface area contributed by atoms with Crippen molar-refractivity contribution in [2.75, 3.05) is 11.1 Å². The molecule has 1 aromatic heterocycles. The molecule has 0 saturated heterocycles. The van der Waals surface area contributed by atoms with Crippen LogP contribution in [0.3, 0.4) is 0 Å². The number of carbonyl (C=O) groups is 1. The number of anilines is 1. The fraction of sp³-hybridized carbons (Fsp3) is 0.250. The molecule has 1 heterocycles. The molecule has 0 spiro atoms. The van der Waals surface area contributed by atoms with Crippen LogP contribution in [0.25, 0.3) is 0 Å². The van der Waals surface area contributed by atoms with E-state index < -0.39 is 0 Å². The van der Waals surface area contributed by atoms with Crippen molar-refractivity contribution in [1.29, 1.82) is 0 Å². The number of para-hydroxylation sites is 1. The Morgan fingerprint density at radius 3 is 2.95 bits per heavy atom. The van der Waals surface area contributed by atoms with Crippen LogP contribution in [0.2, 0.25) is 0 Å². The fourth-order valence-corrected chi connectivity index (χ4v) is 2.43. The molecule has 7 heteroatoms. The third kappa shape index (κ3) is 4.36. The van der Waals surface area contributed by atoms with Gasteiger partial charge >= 0.3 is 0 Å². The maximum absolute atomic E-state index is 11.7. The van der Waals surface area contributed by atoms with E-state index in [9.17, 15) is 4.79 Å². The fourth-order valence-electron chi connectivity index (χ4n) is 1.38. The molecule has 1 amide bonds. The summed E-state index contributed by atoms with van der Waals surface area (Å²) in [5.74, 6) is 1.98. The smallest absolute Gasteiger partial charge is 0.234 e. The van der Waals surface area contributed by atoms with Gasteiger partial charge in [-0.15, -0.1) is 11.8 Å². The number of benzene rings is 1. The molecule has 0 aliphatic heterocycles. The Bertz CT molecular complexity index is 574. The van der Waals surface area contributed by atoms with Gasteiger partial charge in [-0.3, -0.25) is 4.79 Å². The van der Waals surface area contributed by atoms with E-state index in [4.69, 9.17) is 4.52 Å². The molecule has 0 aliphatic carbocycles. The van der Waals surface area contributed by atoms with Gasteiger partial charge in [-0.25, -0.2) is 0 Å². The van der Waals surface area contributed by atoms with Gasteiger partial charge in [0.25, 0.3) is 0 Å². The highest BCUT2D eigenvalue weighted by atomic mass is 79.9. The largest absolute Gasteiger partial charge is 0.340 e. The van der Waals surface area contributed by atoms with Gasteiger partial charge in [-0.05, 0) is 28.1 Å². The predicted molar refractivity (Wildman–Crippen MR) is 78.0 cm³/mol. The van der Waals surface area contributed by atoms with E-state index in [-0.39, 0.29) is 5.91 Å². The first-order valence-corrected chi connectivity index (χ1v) is 7.51. The van der Waals surface area contributed by atoms with E-state index in [2.05, 4.69) is 31.4 Å². The van der Waals surface area contributed by atoms with Gasteiger partial charge in [-0.1, -0.05) is 17.3 Å². The van der Waals surface area contributed by atoms with Gasteiger partial charge in [0.05, 0.1) is 17.2 Å². The molecule has 1 N–H and O–H groups in total. The Balaban J connectivity index is 1.77. The molecule has 5 nitrogen and oxygen atoms in total. The molecular formula is C12H12BrN3O2S. The van der Waals surface area contributed by atoms with Crippen molar-refractivity contribution < 1.29 is 9.32 Å². The van der Waals surface area contributed by atoms with Crippen LogP contribution >= 0.6 is 27.7 Å². The average molecular weight is 342 g/mol. The number of halogens is 1. The Morgan fingerprint density at radius 1 is 1.47 bits per heavy atom. The normalized spacial score (nSPS) is 10.4. The molecule has 2 rings (SSSR count). The van der Waals surface area contributed by atoms with Crippen LogP contribution in [0.15, 0.2) is 33.3 Å². The summed E-state index contributed by atoms with van der Waals surface area (Å²) in [5.41, 5.74) is 0.767. The van der Waals surface area contributed by atoms with Gasteiger partial charge < -0.3 is 9.84 Å². The standard InChI is InChI=1S/C12H12BrN3O2S/c1-8-14-11(16-18-8)6-19-7-12(17)15-10-5-3-2-4-9(10)13/h2-5H,6-7H2,1H3,(H,15,17). The zero-order valence-corrected chi connectivity index (χ0v) is 12.6. The first kappa shape index (κ1) is 14.1. The van der Waals surface area contributed by atoms with Crippen LogP contribution in [-0.2, 0) is 10.5 Å². The highest BCUT2D eigenvalue weighted by molar-refractivity contribution is 9.10. The number of hydrogen-bond donors (Lipinski definition) is 1. The number of aryl methyl sites for hydroxylation is 1.